The van der Waals surface area contributed by atoms with Gasteiger partial charge in [0.25, 0.3) is 0 Å². The largest absolute Gasteiger partial charge is 0.303 e. The molecule has 1 saturated heterocycles. The molecule has 1 aliphatic heterocycles. The third kappa shape index (κ3) is 2.43. The van der Waals surface area contributed by atoms with Crippen LogP contribution in [0.1, 0.15) is 19.3 Å². The third-order valence-electron chi connectivity index (χ3n) is 1.92. The van der Waals surface area contributed by atoms with Gasteiger partial charge in [-0.05, 0) is 32.4 Å². The average molecular weight is 142 g/mol. The van der Waals surface area contributed by atoms with Gasteiger partial charge in [-0.2, -0.15) is 4.91 Å². The molecule has 58 valence electrons. The molecule has 1 aliphatic rings. The monoisotopic (exact) mass is 142 g/mol. The molecule has 0 saturated carbocycles. The Bertz CT molecular complexity index is 99.8. The van der Waals surface area contributed by atoms with Crippen LogP contribution in [0, 0.1) is 4.91 Å². The maximum atomic E-state index is 9.71. The minimum absolute atomic E-state index is 0.483. The molecule has 0 aromatic rings. The van der Waals surface area contributed by atoms with Crippen molar-refractivity contribution in [3.63, 3.8) is 0 Å². The summed E-state index contributed by atoms with van der Waals surface area (Å²) >= 11 is 0. The molecule has 0 bridgehead atoms. The van der Waals surface area contributed by atoms with Crippen LogP contribution in [-0.4, -0.2) is 31.1 Å². The van der Waals surface area contributed by atoms with Crippen LogP contribution in [-0.2, 0) is 0 Å². The summed E-state index contributed by atoms with van der Waals surface area (Å²) in [6.45, 7) is 3.99. The van der Waals surface area contributed by atoms with Gasteiger partial charge < -0.3 is 4.90 Å². The lowest BCUT2D eigenvalue weighted by Crippen LogP contribution is -2.20. The van der Waals surface area contributed by atoms with Gasteiger partial charge in [0, 0.05) is 6.54 Å². The lowest BCUT2D eigenvalue weighted by atomic mass is 10.4. The van der Waals surface area contributed by atoms with Crippen molar-refractivity contribution in [1.29, 1.82) is 0 Å². The fraction of sp³-hybridized carbons (Fsp3) is 1.00. The maximum absolute atomic E-state index is 9.71. The van der Waals surface area contributed by atoms with E-state index in [1.54, 1.807) is 0 Å². The molecule has 3 heteroatoms. The zero-order valence-electron chi connectivity index (χ0n) is 6.25. The molecular weight excluding hydrogens is 128 g/mol. The predicted octanol–water partition coefficient (Wildman–Crippen LogP) is 1.24. The van der Waals surface area contributed by atoms with Gasteiger partial charge in [0.05, 0.1) is 6.54 Å². The van der Waals surface area contributed by atoms with E-state index < -0.39 is 0 Å². The summed E-state index contributed by atoms with van der Waals surface area (Å²) in [6, 6.07) is 0. The van der Waals surface area contributed by atoms with Crippen molar-refractivity contribution in [2.24, 2.45) is 5.18 Å². The Labute approximate surface area is 61.4 Å². The molecule has 0 aromatic heterocycles. The number of nitroso groups, excluding NO2 is 1. The van der Waals surface area contributed by atoms with E-state index in [-0.39, 0.29) is 0 Å². The van der Waals surface area contributed by atoms with Gasteiger partial charge in [-0.3, -0.25) is 0 Å². The fourth-order valence-corrected chi connectivity index (χ4v) is 1.37. The quantitative estimate of drug-likeness (QED) is 0.437. The van der Waals surface area contributed by atoms with Crippen molar-refractivity contribution < 1.29 is 0 Å². The fourth-order valence-electron chi connectivity index (χ4n) is 1.37. The van der Waals surface area contributed by atoms with Crippen LogP contribution >= 0.6 is 0 Å². The molecule has 1 fully saturated rings. The summed E-state index contributed by atoms with van der Waals surface area (Å²) in [7, 11) is 0. The summed E-state index contributed by atoms with van der Waals surface area (Å²) in [5, 5.41) is 2.82. The smallest absolute Gasteiger partial charge is 0.0823 e. The van der Waals surface area contributed by atoms with Crippen LogP contribution in [0.3, 0.4) is 0 Å². The van der Waals surface area contributed by atoms with Crippen molar-refractivity contribution in [2.45, 2.75) is 19.3 Å². The Morgan fingerprint density at radius 2 is 2.00 bits per heavy atom. The van der Waals surface area contributed by atoms with Gasteiger partial charge in [0.15, 0.2) is 0 Å². The molecule has 0 N–H and O–H groups in total. The van der Waals surface area contributed by atoms with E-state index in [1.807, 2.05) is 0 Å². The molecule has 3 nitrogen and oxygen atoms in total. The van der Waals surface area contributed by atoms with Crippen molar-refractivity contribution in [3.8, 4) is 0 Å². The highest BCUT2D eigenvalue weighted by atomic mass is 16.3. The van der Waals surface area contributed by atoms with E-state index in [9.17, 15) is 4.91 Å². The van der Waals surface area contributed by atoms with E-state index >= 15 is 0 Å². The molecule has 0 radical (unpaired) electrons. The lowest BCUT2D eigenvalue weighted by molar-refractivity contribution is 0.336. The van der Waals surface area contributed by atoms with E-state index in [0.717, 1.165) is 13.0 Å². The Kier molecular flexibility index (Phi) is 3.36. The second-order valence-corrected chi connectivity index (χ2v) is 2.76. The Morgan fingerprint density at radius 3 is 2.60 bits per heavy atom. The van der Waals surface area contributed by atoms with E-state index in [1.165, 1.54) is 25.9 Å². The van der Waals surface area contributed by atoms with E-state index in [4.69, 9.17) is 0 Å². The topological polar surface area (TPSA) is 32.7 Å². The summed E-state index contributed by atoms with van der Waals surface area (Å²) < 4.78 is 0. The first-order valence-corrected chi connectivity index (χ1v) is 3.95. The highest BCUT2D eigenvalue weighted by Crippen LogP contribution is 2.06. The molecule has 1 rings (SSSR count). The molecular formula is C7H14N2O. The molecule has 0 amide bonds. The first-order valence-electron chi connectivity index (χ1n) is 3.95. The molecule has 0 spiro atoms. The summed E-state index contributed by atoms with van der Waals surface area (Å²) in [6.07, 6.45) is 3.59. The van der Waals surface area contributed by atoms with Crippen molar-refractivity contribution >= 4 is 0 Å². The summed E-state index contributed by atoms with van der Waals surface area (Å²) in [4.78, 5) is 12.1. The second kappa shape index (κ2) is 4.39. The van der Waals surface area contributed by atoms with Crippen LogP contribution in [0.25, 0.3) is 0 Å². The molecule has 0 aromatic carbocycles. The van der Waals surface area contributed by atoms with E-state index in [0.29, 0.717) is 6.54 Å². The zero-order valence-corrected chi connectivity index (χ0v) is 6.25. The number of hydrogen-bond donors (Lipinski definition) is 0. The maximum Gasteiger partial charge on any atom is 0.0823 e. The highest BCUT2D eigenvalue weighted by Gasteiger charge is 2.09. The average Bonchev–Trinajstić information content (AvgIpc) is 2.41. The first kappa shape index (κ1) is 7.66. The van der Waals surface area contributed by atoms with Crippen LogP contribution < -0.4 is 0 Å². The zero-order chi connectivity index (χ0) is 7.23. The lowest BCUT2D eigenvalue weighted by Gasteiger charge is -2.11. The van der Waals surface area contributed by atoms with E-state index in [2.05, 4.69) is 10.1 Å². The van der Waals surface area contributed by atoms with Gasteiger partial charge in [-0.15, -0.1) is 0 Å². The number of nitrogens with zero attached hydrogens (tertiary/aromatic N) is 2. The molecule has 1 heterocycles. The molecule has 10 heavy (non-hydrogen) atoms. The number of rotatable bonds is 4. The van der Waals surface area contributed by atoms with Crippen LogP contribution in [0.2, 0.25) is 0 Å². The highest BCUT2D eigenvalue weighted by molar-refractivity contribution is 4.65. The minimum atomic E-state index is 0.483. The second-order valence-electron chi connectivity index (χ2n) is 2.76. The molecule has 0 aliphatic carbocycles. The van der Waals surface area contributed by atoms with Crippen LogP contribution in [0.15, 0.2) is 5.18 Å². The third-order valence-corrected chi connectivity index (χ3v) is 1.92. The SMILES string of the molecule is O=NCCCN1CCCC1. The Morgan fingerprint density at radius 1 is 1.30 bits per heavy atom. The minimum Gasteiger partial charge on any atom is -0.303 e. The standard InChI is InChI=1S/C7H14N2O/c10-8-4-3-7-9-5-1-2-6-9/h1-7H2. The van der Waals surface area contributed by atoms with Crippen molar-refractivity contribution in [2.75, 3.05) is 26.2 Å². The van der Waals surface area contributed by atoms with Gasteiger partial charge in [-0.1, -0.05) is 5.18 Å². The summed E-state index contributed by atoms with van der Waals surface area (Å²) in [5.41, 5.74) is 0. The van der Waals surface area contributed by atoms with Gasteiger partial charge >= 0.3 is 0 Å². The van der Waals surface area contributed by atoms with Crippen molar-refractivity contribution in [1.82, 2.24) is 4.90 Å². The normalized spacial score (nSPS) is 19.6. The molecule has 0 atom stereocenters. The van der Waals surface area contributed by atoms with Crippen LogP contribution in [0.4, 0.5) is 0 Å². The van der Waals surface area contributed by atoms with Crippen LogP contribution in [0.5, 0.6) is 0 Å². The molecule has 0 unspecified atom stereocenters. The predicted molar refractivity (Wildman–Crippen MR) is 41.0 cm³/mol. The Balaban J connectivity index is 1.96. The summed E-state index contributed by atoms with van der Waals surface area (Å²) in [5.74, 6) is 0. The number of hydrogen-bond acceptors (Lipinski definition) is 3. The van der Waals surface area contributed by atoms with Gasteiger partial charge in [0.1, 0.15) is 0 Å². The van der Waals surface area contributed by atoms with Gasteiger partial charge in [0.2, 0.25) is 0 Å². The first-order chi connectivity index (χ1) is 4.93. The number of likely N-dealkylation sites (tertiary alicyclic amines) is 1. The van der Waals surface area contributed by atoms with Gasteiger partial charge in [-0.25, -0.2) is 0 Å². The Hall–Kier alpha value is -0.440. The van der Waals surface area contributed by atoms with Crippen molar-refractivity contribution in [3.05, 3.63) is 4.91 Å².